The van der Waals surface area contributed by atoms with Crippen molar-refractivity contribution in [3.63, 3.8) is 0 Å². The van der Waals surface area contributed by atoms with Gasteiger partial charge in [0.25, 0.3) is 5.69 Å². The fourth-order valence-corrected chi connectivity index (χ4v) is 1.29. The molecule has 0 aliphatic rings. The first kappa shape index (κ1) is 11.6. The molecule has 0 fully saturated rings. The minimum Gasteiger partial charge on any atom is -0.328 e. The van der Waals surface area contributed by atoms with Crippen LogP contribution in [0.5, 0.6) is 0 Å². The zero-order valence-corrected chi connectivity index (χ0v) is 10.3. The maximum Gasteiger partial charge on any atom is 0.389 e. The first-order valence-corrected chi connectivity index (χ1v) is 5.71. The Bertz CT molecular complexity index is 478. The van der Waals surface area contributed by atoms with Crippen LogP contribution in [-0.4, -0.2) is 15.9 Å². The summed E-state index contributed by atoms with van der Waals surface area (Å²) in [6.45, 7) is 6.28. The first-order chi connectivity index (χ1) is 8.11. The predicted molar refractivity (Wildman–Crippen MR) is 63.8 cm³/mol. The maximum atomic E-state index is 5.15. The van der Waals surface area contributed by atoms with E-state index in [-0.39, 0.29) is 5.54 Å². The normalized spacial score (nSPS) is 11.5. The number of rotatable bonds is 4. The lowest BCUT2D eigenvalue weighted by Crippen LogP contribution is -2.36. The predicted octanol–water partition coefficient (Wildman–Crippen LogP) is 1.95. The highest BCUT2D eigenvalue weighted by atomic mass is 16.5. The van der Waals surface area contributed by atoms with E-state index in [1.807, 2.05) is 30.3 Å². The van der Waals surface area contributed by atoms with Crippen molar-refractivity contribution in [1.82, 2.24) is 10.4 Å². The molecule has 0 unspecified atom stereocenters. The molecule has 0 amide bonds. The summed E-state index contributed by atoms with van der Waals surface area (Å²) in [7, 11) is 0. The van der Waals surface area contributed by atoms with Crippen molar-refractivity contribution < 1.29 is 9.32 Å². The molecule has 0 saturated carbocycles. The third-order valence-electron chi connectivity index (χ3n) is 2.71. The molecule has 0 spiro atoms. The van der Waals surface area contributed by atoms with Gasteiger partial charge in [-0.25, -0.2) is 0 Å². The highest BCUT2D eigenvalue weighted by molar-refractivity contribution is 5.22. The van der Waals surface area contributed by atoms with E-state index in [1.54, 1.807) is 0 Å². The van der Waals surface area contributed by atoms with Crippen LogP contribution >= 0.6 is 0 Å². The van der Waals surface area contributed by atoms with Crippen molar-refractivity contribution in [2.45, 2.75) is 32.7 Å². The molecule has 0 saturated heterocycles. The average Bonchev–Trinajstić information content (AvgIpc) is 2.78. The molecule has 1 heterocycles. The Labute approximate surface area is 100 Å². The van der Waals surface area contributed by atoms with Gasteiger partial charge in [-0.15, -0.1) is 0 Å². The molecule has 2 aromatic rings. The largest absolute Gasteiger partial charge is 0.389 e. The third-order valence-corrected chi connectivity index (χ3v) is 2.71. The van der Waals surface area contributed by atoms with Crippen LogP contribution in [0.3, 0.4) is 0 Å². The molecule has 0 radical (unpaired) electrons. The van der Waals surface area contributed by atoms with Gasteiger partial charge >= 0.3 is 6.01 Å². The number of hydrogen-bond acceptors (Lipinski definition) is 4. The number of nitrogens with one attached hydrogen (secondary N) is 1. The Morgan fingerprint density at radius 3 is 2.65 bits per heavy atom. The molecule has 5 heteroatoms. The Balaban J connectivity index is 2.17. The lowest BCUT2D eigenvalue weighted by molar-refractivity contribution is -0.724. The molecule has 17 heavy (non-hydrogen) atoms. The van der Waals surface area contributed by atoms with Gasteiger partial charge in [-0.1, -0.05) is 25.1 Å². The van der Waals surface area contributed by atoms with Crippen LogP contribution < -0.4 is 10.1 Å². The van der Waals surface area contributed by atoms with E-state index >= 15 is 0 Å². The molecule has 0 bridgehead atoms. The number of anilines is 1. The van der Waals surface area contributed by atoms with Gasteiger partial charge in [0.05, 0.1) is 5.10 Å². The average molecular weight is 233 g/mol. The van der Waals surface area contributed by atoms with Crippen molar-refractivity contribution in [3.05, 3.63) is 30.3 Å². The zero-order chi connectivity index (χ0) is 12.3. The lowest BCUT2D eigenvalue weighted by atomic mass is 10.0. The molecule has 1 aromatic heterocycles. The molecule has 1 aromatic carbocycles. The van der Waals surface area contributed by atoms with E-state index in [2.05, 4.69) is 36.5 Å². The summed E-state index contributed by atoms with van der Waals surface area (Å²) in [5.41, 5.74) is 0.819. The summed E-state index contributed by atoms with van der Waals surface area (Å²) in [4.78, 5) is 1.47. The monoisotopic (exact) mass is 233 g/mol. The van der Waals surface area contributed by atoms with Gasteiger partial charge in [-0.3, -0.25) is 4.52 Å². The molecule has 5 nitrogen and oxygen atoms in total. The molecule has 1 N–H and O–H groups in total. The molecular weight excluding hydrogens is 216 g/mol. The summed E-state index contributed by atoms with van der Waals surface area (Å²) in [5, 5.41) is 11.3. The molecule has 2 rings (SSSR count). The summed E-state index contributed by atoms with van der Waals surface area (Å²) in [6, 6.07) is 10.1. The van der Waals surface area contributed by atoms with Gasteiger partial charge < -0.3 is 5.32 Å². The standard InChI is InChI=1S/C12H17N4O/c1-4-12(2,3)13-11-14-16(15-17-11)10-8-6-5-7-9-10/h5-9H,4H2,1-3H3,(H,13,14,15)/q+1. The number of nitrogens with zero attached hydrogens (tertiary/aromatic N) is 3. The quantitative estimate of drug-likeness (QED) is 0.820. The molecule has 90 valence electrons. The minimum atomic E-state index is -0.0545. The van der Waals surface area contributed by atoms with Gasteiger partial charge in [0.15, 0.2) is 0 Å². The summed E-state index contributed by atoms with van der Waals surface area (Å²) in [6.07, 6.45) is 0.973. The maximum absolute atomic E-state index is 5.15. The summed E-state index contributed by atoms with van der Waals surface area (Å²) < 4.78 is 5.15. The number of benzene rings is 1. The topological polar surface area (TPSA) is 54.8 Å². The van der Waals surface area contributed by atoms with Crippen LogP contribution in [0.2, 0.25) is 0 Å². The second-order valence-electron chi connectivity index (χ2n) is 4.57. The Morgan fingerprint density at radius 1 is 1.29 bits per heavy atom. The number of para-hydroxylation sites is 1. The molecule has 0 aliphatic heterocycles. The van der Waals surface area contributed by atoms with Gasteiger partial charge in [0.2, 0.25) is 5.27 Å². The van der Waals surface area contributed by atoms with Crippen molar-refractivity contribution in [3.8, 4) is 5.69 Å². The highest BCUT2D eigenvalue weighted by Crippen LogP contribution is 2.14. The van der Waals surface area contributed by atoms with E-state index in [0.717, 1.165) is 12.1 Å². The molecule has 0 aliphatic carbocycles. The van der Waals surface area contributed by atoms with E-state index in [1.165, 1.54) is 4.80 Å². The van der Waals surface area contributed by atoms with Crippen molar-refractivity contribution >= 4 is 6.01 Å². The number of hydrogen-bond donors (Lipinski definition) is 1. The van der Waals surface area contributed by atoms with Crippen LogP contribution in [0.25, 0.3) is 5.69 Å². The smallest absolute Gasteiger partial charge is 0.328 e. The van der Waals surface area contributed by atoms with E-state index in [4.69, 9.17) is 4.52 Å². The Morgan fingerprint density at radius 2 is 2.00 bits per heavy atom. The van der Waals surface area contributed by atoms with Gasteiger partial charge in [0, 0.05) is 17.7 Å². The third kappa shape index (κ3) is 2.81. The van der Waals surface area contributed by atoms with E-state index in [9.17, 15) is 0 Å². The fraction of sp³-hybridized carbons (Fsp3) is 0.417. The summed E-state index contributed by atoms with van der Waals surface area (Å²) >= 11 is 0. The Hall–Kier alpha value is -1.91. The number of aromatic nitrogens is 3. The van der Waals surface area contributed by atoms with Gasteiger partial charge in [-0.05, 0) is 20.3 Å². The molecular formula is C12H17N4O+. The fourth-order valence-electron chi connectivity index (χ4n) is 1.29. The van der Waals surface area contributed by atoms with Gasteiger partial charge in [-0.2, -0.15) is 0 Å². The van der Waals surface area contributed by atoms with Crippen LogP contribution in [0.1, 0.15) is 27.2 Å². The molecule has 0 atom stereocenters. The van der Waals surface area contributed by atoms with Crippen molar-refractivity contribution in [2.75, 3.05) is 5.32 Å². The lowest BCUT2D eigenvalue weighted by Gasteiger charge is -2.21. The van der Waals surface area contributed by atoms with Gasteiger partial charge in [0.1, 0.15) is 4.80 Å². The zero-order valence-electron chi connectivity index (χ0n) is 10.3. The highest BCUT2D eigenvalue weighted by Gasteiger charge is 2.22. The van der Waals surface area contributed by atoms with Crippen molar-refractivity contribution in [1.29, 1.82) is 0 Å². The van der Waals surface area contributed by atoms with E-state index in [0.29, 0.717) is 6.01 Å². The van der Waals surface area contributed by atoms with Crippen molar-refractivity contribution in [2.24, 2.45) is 0 Å². The Kier molecular flexibility index (Phi) is 3.08. The SMILES string of the molecule is CCC(C)(C)Nc1n[n+](-c2ccccc2)no1. The van der Waals surface area contributed by atoms with Crippen LogP contribution in [0.4, 0.5) is 6.01 Å². The van der Waals surface area contributed by atoms with E-state index < -0.39 is 0 Å². The van der Waals surface area contributed by atoms with Crippen LogP contribution in [0.15, 0.2) is 34.9 Å². The second-order valence-corrected chi connectivity index (χ2v) is 4.57. The van der Waals surface area contributed by atoms with Crippen LogP contribution in [-0.2, 0) is 0 Å². The minimum absolute atomic E-state index is 0.0545. The first-order valence-electron chi connectivity index (χ1n) is 5.71. The van der Waals surface area contributed by atoms with Crippen LogP contribution in [0, 0.1) is 0 Å². The second kappa shape index (κ2) is 4.53. The summed E-state index contributed by atoms with van der Waals surface area (Å²) in [5.74, 6) is 0.